The zero-order valence-corrected chi connectivity index (χ0v) is 14.9. The number of likely N-dealkylation sites (tertiary alicyclic amines) is 1. The van der Waals surface area contributed by atoms with Gasteiger partial charge in [-0.05, 0) is 62.7 Å². The average molecular weight is 374 g/mol. The number of nitrogens with one attached hydrogen (secondary N) is 1. The van der Waals surface area contributed by atoms with Crippen molar-refractivity contribution >= 4 is 23.6 Å². The van der Waals surface area contributed by atoms with Crippen LogP contribution in [-0.2, 0) is 4.79 Å². The topological polar surface area (TPSA) is 49.4 Å². The maximum absolute atomic E-state index is 12.4. The minimum Gasteiger partial charge on any atom is -0.354 e. The Kier molecular flexibility index (Phi) is 6.37. The van der Waals surface area contributed by atoms with E-state index in [1.807, 2.05) is 13.8 Å². The van der Waals surface area contributed by atoms with Gasteiger partial charge in [-0.3, -0.25) is 9.59 Å². The Hall–Kier alpha value is -1.70. The summed E-state index contributed by atoms with van der Waals surface area (Å²) in [6.07, 6.45) is 1.18. The summed E-state index contributed by atoms with van der Waals surface area (Å²) in [4.78, 5) is 26.1. The molecule has 0 spiro atoms. The molecule has 1 aliphatic rings. The van der Waals surface area contributed by atoms with E-state index in [4.69, 9.17) is 0 Å². The highest BCUT2D eigenvalue weighted by Crippen LogP contribution is 2.36. The Bertz CT molecular complexity index is 609. The summed E-state index contributed by atoms with van der Waals surface area (Å²) in [7, 11) is 0. The minimum absolute atomic E-state index is 0.00984. The smallest absolute Gasteiger partial charge is 0.354 e. The first-order valence-electron chi connectivity index (χ1n) is 8.11. The zero-order chi connectivity index (χ0) is 18.6. The summed E-state index contributed by atoms with van der Waals surface area (Å²) in [5, 5.41) is 2.88. The van der Waals surface area contributed by atoms with Crippen LogP contribution in [0, 0.1) is 5.92 Å². The molecular formula is C17H21F3N2O2S. The third kappa shape index (κ3) is 5.95. The van der Waals surface area contributed by atoms with E-state index in [9.17, 15) is 22.8 Å². The molecule has 1 heterocycles. The molecule has 1 saturated heterocycles. The first-order valence-corrected chi connectivity index (χ1v) is 8.93. The highest BCUT2D eigenvalue weighted by Gasteiger charge is 2.30. The highest BCUT2D eigenvalue weighted by atomic mass is 32.2. The van der Waals surface area contributed by atoms with E-state index >= 15 is 0 Å². The largest absolute Gasteiger partial charge is 0.446 e. The Morgan fingerprint density at radius 3 is 2.20 bits per heavy atom. The SMILES string of the molecule is CC(C)NC(=O)C1CCN(C(=O)c2ccc(SC(F)(F)F)cc2)CC1. The van der Waals surface area contributed by atoms with E-state index in [0.717, 1.165) is 0 Å². The number of hydrogen-bond donors (Lipinski definition) is 1. The maximum Gasteiger partial charge on any atom is 0.446 e. The van der Waals surface area contributed by atoms with Crippen molar-refractivity contribution in [2.45, 2.75) is 43.1 Å². The Morgan fingerprint density at radius 2 is 1.72 bits per heavy atom. The molecule has 8 heteroatoms. The molecule has 138 valence electrons. The van der Waals surface area contributed by atoms with E-state index in [1.165, 1.54) is 24.3 Å². The molecule has 1 aliphatic heterocycles. The molecule has 4 nitrogen and oxygen atoms in total. The van der Waals surface area contributed by atoms with Gasteiger partial charge in [-0.25, -0.2) is 0 Å². The van der Waals surface area contributed by atoms with Crippen LogP contribution in [0.5, 0.6) is 0 Å². The maximum atomic E-state index is 12.4. The van der Waals surface area contributed by atoms with Crippen molar-refractivity contribution in [2.24, 2.45) is 5.92 Å². The number of rotatable bonds is 4. The number of benzene rings is 1. The zero-order valence-electron chi connectivity index (χ0n) is 14.1. The number of thioether (sulfide) groups is 1. The van der Waals surface area contributed by atoms with Crippen LogP contribution in [-0.4, -0.2) is 41.4 Å². The van der Waals surface area contributed by atoms with Crippen molar-refractivity contribution < 1.29 is 22.8 Å². The van der Waals surface area contributed by atoms with Gasteiger partial charge in [0.1, 0.15) is 0 Å². The van der Waals surface area contributed by atoms with Crippen LogP contribution in [0.25, 0.3) is 0 Å². The Morgan fingerprint density at radius 1 is 1.16 bits per heavy atom. The highest BCUT2D eigenvalue weighted by molar-refractivity contribution is 8.00. The summed E-state index contributed by atoms with van der Waals surface area (Å²) in [6.45, 7) is 4.73. The molecule has 0 bridgehead atoms. The fourth-order valence-corrected chi connectivity index (χ4v) is 3.27. The van der Waals surface area contributed by atoms with Crippen molar-refractivity contribution in [2.75, 3.05) is 13.1 Å². The van der Waals surface area contributed by atoms with E-state index in [1.54, 1.807) is 4.90 Å². The van der Waals surface area contributed by atoms with Crippen LogP contribution >= 0.6 is 11.8 Å². The molecule has 2 rings (SSSR count). The number of amides is 2. The van der Waals surface area contributed by atoms with Crippen molar-refractivity contribution in [3.05, 3.63) is 29.8 Å². The molecule has 0 aliphatic carbocycles. The fraction of sp³-hybridized carbons (Fsp3) is 0.529. The lowest BCUT2D eigenvalue weighted by atomic mass is 9.95. The molecule has 2 amide bonds. The summed E-state index contributed by atoms with van der Waals surface area (Å²) < 4.78 is 37.0. The van der Waals surface area contributed by atoms with Crippen LogP contribution in [0.3, 0.4) is 0 Å². The number of piperidine rings is 1. The van der Waals surface area contributed by atoms with Gasteiger partial charge < -0.3 is 10.2 Å². The number of carbonyl (C=O) groups excluding carboxylic acids is 2. The van der Waals surface area contributed by atoms with Crippen LogP contribution < -0.4 is 5.32 Å². The van der Waals surface area contributed by atoms with Crippen molar-refractivity contribution in [3.63, 3.8) is 0 Å². The first kappa shape index (κ1) is 19.6. The number of halogens is 3. The molecule has 0 aromatic heterocycles. The van der Waals surface area contributed by atoms with Crippen LogP contribution in [0.1, 0.15) is 37.0 Å². The van der Waals surface area contributed by atoms with E-state index < -0.39 is 5.51 Å². The number of alkyl halides is 3. The van der Waals surface area contributed by atoms with Gasteiger partial charge in [-0.1, -0.05) is 0 Å². The first-order chi connectivity index (χ1) is 11.7. The molecule has 25 heavy (non-hydrogen) atoms. The summed E-state index contributed by atoms with van der Waals surface area (Å²) >= 11 is -0.204. The third-order valence-corrected chi connectivity index (χ3v) is 4.66. The van der Waals surface area contributed by atoms with Crippen LogP contribution in [0.4, 0.5) is 13.2 Å². The normalized spacial score (nSPS) is 16.2. The number of hydrogen-bond acceptors (Lipinski definition) is 3. The predicted molar refractivity (Wildman–Crippen MR) is 90.3 cm³/mol. The molecule has 1 N–H and O–H groups in total. The molecule has 0 radical (unpaired) electrons. The second-order valence-electron chi connectivity index (χ2n) is 6.30. The summed E-state index contributed by atoms with van der Waals surface area (Å²) in [6, 6.07) is 5.50. The second kappa shape index (κ2) is 8.12. The van der Waals surface area contributed by atoms with Crippen LogP contribution in [0.2, 0.25) is 0 Å². The third-order valence-electron chi connectivity index (χ3n) is 3.92. The van der Waals surface area contributed by atoms with E-state index in [2.05, 4.69) is 5.32 Å². The Balaban J connectivity index is 1.91. The molecule has 1 fully saturated rings. The van der Waals surface area contributed by atoms with E-state index in [-0.39, 0.29) is 40.4 Å². The lowest BCUT2D eigenvalue weighted by Gasteiger charge is -2.31. The summed E-state index contributed by atoms with van der Waals surface area (Å²) in [5.74, 6) is -0.307. The molecule has 0 atom stereocenters. The quantitative estimate of drug-likeness (QED) is 0.818. The van der Waals surface area contributed by atoms with E-state index in [0.29, 0.717) is 31.5 Å². The number of carbonyl (C=O) groups is 2. The van der Waals surface area contributed by atoms with Crippen molar-refractivity contribution in [1.29, 1.82) is 0 Å². The summed E-state index contributed by atoms with van der Waals surface area (Å²) in [5.41, 5.74) is -3.99. The van der Waals surface area contributed by atoms with Gasteiger partial charge in [-0.2, -0.15) is 13.2 Å². The molecular weight excluding hydrogens is 353 g/mol. The van der Waals surface area contributed by atoms with Gasteiger partial charge in [-0.15, -0.1) is 0 Å². The fourth-order valence-electron chi connectivity index (χ4n) is 2.73. The van der Waals surface area contributed by atoms with Crippen molar-refractivity contribution in [3.8, 4) is 0 Å². The van der Waals surface area contributed by atoms with Gasteiger partial charge in [0.2, 0.25) is 5.91 Å². The predicted octanol–water partition coefficient (Wildman–Crippen LogP) is 3.68. The Labute approximate surface area is 149 Å². The molecule has 1 aromatic rings. The monoisotopic (exact) mass is 374 g/mol. The molecule has 1 aromatic carbocycles. The number of nitrogens with zero attached hydrogens (tertiary/aromatic N) is 1. The van der Waals surface area contributed by atoms with Crippen molar-refractivity contribution in [1.82, 2.24) is 10.2 Å². The van der Waals surface area contributed by atoms with Gasteiger partial charge in [0.25, 0.3) is 5.91 Å². The minimum atomic E-state index is -4.34. The lowest BCUT2D eigenvalue weighted by molar-refractivity contribution is -0.126. The molecule has 0 unspecified atom stereocenters. The molecule has 0 saturated carbocycles. The van der Waals surface area contributed by atoms with Crippen LogP contribution in [0.15, 0.2) is 29.2 Å². The average Bonchev–Trinajstić information content (AvgIpc) is 2.53. The second-order valence-corrected chi connectivity index (χ2v) is 7.44. The van der Waals surface area contributed by atoms with Gasteiger partial charge >= 0.3 is 5.51 Å². The lowest BCUT2D eigenvalue weighted by Crippen LogP contribution is -2.44. The standard InChI is InChI=1S/C17H21F3N2O2S/c1-11(2)21-15(23)12-7-9-22(10-8-12)16(24)13-3-5-14(6-4-13)25-17(18,19)20/h3-6,11-12H,7-10H2,1-2H3,(H,21,23). The van der Waals surface area contributed by atoms with Gasteiger partial charge in [0.15, 0.2) is 0 Å². The van der Waals surface area contributed by atoms with Gasteiger partial charge in [0, 0.05) is 35.5 Å². The van der Waals surface area contributed by atoms with Gasteiger partial charge in [0.05, 0.1) is 0 Å².